The maximum absolute atomic E-state index is 5.91. The van der Waals surface area contributed by atoms with E-state index in [2.05, 4.69) is 49.4 Å². The molecule has 0 fully saturated rings. The van der Waals surface area contributed by atoms with Crippen molar-refractivity contribution in [2.75, 3.05) is 13.2 Å². The molecule has 0 aliphatic carbocycles. The van der Waals surface area contributed by atoms with Crippen LogP contribution in [0.4, 0.5) is 0 Å². The second-order valence-corrected chi connectivity index (χ2v) is 5.09. The molecule has 2 nitrogen and oxygen atoms in total. The van der Waals surface area contributed by atoms with Crippen LogP contribution in [0.1, 0.15) is 23.1 Å². The number of hydrogen-bond donors (Lipinski definition) is 1. The van der Waals surface area contributed by atoms with Crippen molar-refractivity contribution in [2.45, 2.75) is 26.2 Å². The van der Waals surface area contributed by atoms with Crippen molar-refractivity contribution in [3.63, 3.8) is 0 Å². The summed E-state index contributed by atoms with van der Waals surface area (Å²) in [5.41, 5.74) is 9.49. The van der Waals surface area contributed by atoms with Gasteiger partial charge >= 0.3 is 0 Å². The van der Waals surface area contributed by atoms with E-state index in [1.54, 1.807) is 0 Å². The first-order valence-electron chi connectivity index (χ1n) is 7.26. The van der Waals surface area contributed by atoms with Gasteiger partial charge in [-0.2, -0.15) is 0 Å². The highest BCUT2D eigenvalue weighted by atomic mass is 16.5. The number of aryl methyl sites for hydroxylation is 2. The predicted molar refractivity (Wildman–Crippen MR) is 84.2 cm³/mol. The zero-order chi connectivity index (χ0) is 14.2. The lowest BCUT2D eigenvalue weighted by atomic mass is 10.1. The summed E-state index contributed by atoms with van der Waals surface area (Å²) in [4.78, 5) is 0. The molecule has 2 aromatic carbocycles. The third-order valence-corrected chi connectivity index (χ3v) is 3.34. The molecular weight excluding hydrogens is 246 g/mol. The van der Waals surface area contributed by atoms with Gasteiger partial charge in [-0.15, -0.1) is 0 Å². The first-order valence-corrected chi connectivity index (χ1v) is 7.26. The molecule has 2 aromatic rings. The summed E-state index contributed by atoms with van der Waals surface area (Å²) in [5.74, 6) is 0.981. The topological polar surface area (TPSA) is 35.2 Å². The first kappa shape index (κ1) is 14.6. The predicted octanol–water partition coefficient (Wildman–Crippen LogP) is 3.51. The van der Waals surface area contributed by atoms with Crippen molar-refractivity contribution in [3.8, 4) is 5.75 Å². The standard InChI is InChI=1S/C18H23NO/c1-15-9-10-18(17(14-15)11-12-19)20-13-5-8-16-6-3-2-4-7-16/h2-4,6-7,9-10,14H,5,8,11-13,19H2,1H3. The Kier molecular flexibility index (Phi) is 5.63. The van der Waals surface area contributed by atoms with Gasteiger partial charge < -0.3 is 10.5 Å². The fourth-order valence-electron chi connectivity index (χ4n) is 2.30. The third-order valence-electron chi connectivity index (χ3n) is 3.34. The monoisotopic (exact) mass is 269 g/mol. The first-order chi connectivity index (χ1) is 9.79. The summed E-state index contributed by atoms with van der Waals surface area (Å²) >= 11 is 0. The van der Waals surface area contributed by atoms with E-state index in [-0.39, 0.29) is 0 Å². The van der Waals surface area contributed by atoms with Crippen molar-refractivity contribution in [1.29, 1.82) is 0 Å². The quantitative estimate of drug-likeness (QED) is 0.781. The largest absolute Gasteiger partial charge is 0.493 e. The summed E-state index contributed by atoms with van der Waals surface area (Å²) in [7, 11) is 0. The van der Waals surface area contributed by atoms with E-state index in [1.165, 1.54) is 16.7 Å². The summed E-state index contributed by atoms with van der Waals surface area (Å²) in [5, 5.41) is 0. The Morgan fingerprint density at radius 1 is 1.00 bits per heavy atom. The van der Waals surface area contributed by atoms with Crippen molar-refractivity contribution in [1.82, 2.24) is 0 Å². The lowest BCUT2D eigenvalue weighted by Crippen LogP contribution is -2.07. The van der Waals surface area contributed by atoms with Crippen LogP contribution in [0.25, 0.3) is 0 Å². The van der Waals surface area contributed by atoms with E-state index in [0.717, 1.165) is 31.6 Å². The fraction of sp³-hybridized carbons (Fsp3) is 0.333. The number of rotatable bonds is 7. The van der Waals surface area contributed by atoms with Crippen molar-refractivity contribution >= 4 is 0 Å². The molecule has 0 aliphatic rings. The van der Waals surface area contributed by atoms with Gasteiger partial charge in [0.2, 0.25) is 0 Å². The smallest absolute Gasteiger partial charge is 0.122 e. The van der Waals surface area contributed by atoms with Crippen LogP contribution in [0.3, 0.4) is 0 Å². The van der Waals surface area contributed by atoms with E-state index < -0.39 is 0 Å². The van der Waals surface area contributed by atoms with E-state index >= 15 is 0 Å². The molecule has 0 saturated heterocycles. The Bertz CT molecular complexity index is 522. The minimum Gasteiger partial charge on any atom is -0.493 e. The van der Waals surface area contributed by atoms with Crippen LogP contribution in [0.2, 0.25) is 0 Å². The van der Waals surface area contributed by atoms with Gasteiger partial charge in [-0.25, -0.2) is 0 Å². The highest BCUT2D eigenvalue weighted by Crippen LogP contribution is 2.20. The highest BCUT2D eigenvalue weighted by molar-refractivity contribution is 5.37. The van der Waals surface area contributed by atoms with Crippen LogP contribution in [-0.4, -0.2) is 13.2 Å². The minimum absolute atomic E-state index is 0.657. The van der Waals surface area contributed by atoms with Crippen molar-refractivity contribution in [3.05, 3.63) is 65.2 Å². The Hall–Kier alpha value is -1.80. The van der Waals surface area contributed by atoms with Gasteiger partial charge in [0.05, 0.1) is 6.61 Å². The second-order valence-electron chi connectivity index (χ2n) is 5.09. The van der Waals surface area contributed by atoms with Crippen molar-refractivity contribution < 1.29 is 4.74 Å². The average molecular weight is 269 g/mol. The number of nitrogens with two attached hydrogens (primary N) is 1. The Labute approximate surface area is 121 Å². The summed E-state index contributed by atoms with van der Waals surface area (Å²) < 4.78 is 5.91. The van der Waals surface area contributed by atoms with Crippen LogP contribution in [0.15, 0.2) is 48.5 Å². The molecule has 0 amide bonds. The molecule has 0 radical (unpaired) electrons. The molecule has 2 N–H and O–H groups in total. The van der Waals surface area contributed by atoms with E-state index in [1.807, 2.05) is 6.07 Å². The highest BCUT2D eigenvalue weighted by Gasteiger charge is 2.03. The van der Waals surface area contributed by atoms with Gasteiger partial charge in [-0.1, -0.05) is 48.0 Å². The Morgan fingerprint density at radius 3 is 2.55 bits per heavy atom. The van der Waals surface area contributed by atoms with Crippen LogP contribution in [-0.2, 0) is 12.8 Å². The molecular formula is C18H23NO. The lowest BCUT2D eigenvalue weighted by Gasteiger charge is -2.12. The maximum atomic E-state index is 5.91. The molecule has 106 valence electrons. The molecule has 0 heterocycles. The Balaban J connectivity index is 1.84. The zero-order valence-corrected chi connectivity index (χ0v) is 12.1. The minimum atomic E-state index is 0.657. The van der Waals surface area contributed by atoms with Gasteiger partial charge in [0.1, 0.15) is 5.75 Å². The summed E-state index contributed by atoms with van der Waals surface area (Å²) in [6.45, 7) is 3.50. The van der Waals surface area contributed by atoms with Crippen molar-refractivity contribution in [2.24, 2.45) is 5.73 Å². The zero-order valence-electron chi connectivity index (χ0n) is 12.1. The number of benzene rings is 2. The molecule has 0 aromatic heterocycles. The van der Waals surface area contributed by atoms with Crippen LogP contribution in [0.5, 0.6) is 5.75 Å². The lowest BCUT2D eigenvalue weighted by molar-refractivity contribution is 0.308. The molecule has 0 saturated carbocycles. The van der Waals surface area contributed by atoms with Gasteiger partial charge in [0.25, 0.3) is 0 Å². The maximum Gasteiger partial charge on any atom is 0.122 e. The molecule has 0 bridgehead atoms. The fourth-order valence-corrected chi connectivity index (χ4v) is 2.30. The van der Waals surface area contributed by atoms with E-state index in [4.69, 9.17) is 10.5 Å². The molecule has 20 heavy (non-hydrogen) atoms. The van der Waals surface area contributed by atoms with Crippen LogP contribution >= 0.6 is 0 Å². The summed E-state index contributed by atoms with van der Waals surface area (Å²) in [6, 6.07) is 16.8. The van der Waals surface area contributed by atoms with E-state index in [0.29, 0.717) is 6.54 Å². The molecule has 0 spiro atoms. The van der Waals surface area contributed by atoms with Crippen LogP contribution < -0.4 is 10.5 Å². The third kappa shape index (κ3) is 4.39. The SMILES string of the molecule is Cc1ccc(OCCCc2ccccc2)c(CCN)c1. The van der Waals surface area contributed by atoms with Gasteiger partial charge in [-0.3, -0.25) is 0 Å². The molecule has 2 heteroatoms. The number of hydrogen-bond acceptors (Lipinski definition) is 2. The number of ether oxygens (including phenoxy) is 1. The van der Waals surface area contributed by atoms with Gasteiger partial charge in [0, 0.05) is 0 Å². The average Bonchev–Trinajstić information content (AvgIpc) is 2.47. The normalized spacial score (nSPS) is 10.5. The molecule has 0 unspecified atom stereocenters. The van der Waals surface area contributed by atoms with Gasteiger partial charge in [0.15, 0.2) is 0 Å². The summed E-state index contributed by atoms with van der Waals surface area (Å²) in [6.07, 6.45) is 2.95. The van der Waals surface area contributed by atoms with Gasteiger partial charge in [-0.05, 0) is 49.9 Å². The van der Waals surface area contributed by atoms with E-state index in [9.17, 15) is 0 Å². The molecule has 0 atom stereocenters. The second kappa shape index (κ2) is 7.71. The molecule has 0 aliphatic heterocycles. The Morgan fingerprint density at radius 2 is 1.80 bits per heavy atom. The molecule has 2 rings (SSSR count). The van der Waals surface area contributed by atoms with Crippen LogP contribution in [0, 0.1) is 6.92 Å².